The number of carbonyl (C=O) groups is 1. The van der Waals surface area contributed by atoms with E-state index in [2.05, 4.69) is 18.8 Å². The van der Waals surface area contributed by atoms with Crippen molar-refractivity contribution in [1.82, 2.24) is 0 Å². The van der Waals surface area contributed by atoms with Gasteiger partial charge in [-0.25, -0.2) is 4.79 Å². The zero-order valence-electron chi connectivity index (χ0n) is 11.8. The number of rotatable bonds is 5. The molecule has 1 aromatic carbocycles. The van der Waals surface area contributed by atoms with Gasteiger partial charge in [0.2, 0.25) is 0 Å². The number of hydrogen-bond donors (Lipinski definition) is 1. The SMILES string of the molecule is COC(=O)c1cc(C(N)=NCC(C)C)ccc1OC. The third kappa shape index (κ3) is 3.98. The summed E-state index contributed by atoms with van der Waals surface area (Å²) in [5.41, 5.74) is 6.92. The van der Waals surface area contributed by atoms with E-state index < -0.39 is 5.97 Å². The van der Waals surface area contributed by atoms with Gasteiger partial charge in [-0.1, -0.05) is 13.8 Å². The molecule has 2 N–H and O–H groups in total. The molecule has 0 atom stereocenters. The molecule has 0 aliphatic heterocycles. The normalized spacial score (nSPS) is 11.5. The molecule has 19 heavy (non-hydrogen) atoms. The molecule has 0 saturated carbocycles. The fraction of sp³-hybridized carbons (Fsp3) is 0.429. The van der Waals surface area contributed by atoms with Crippen LogP contribution >= 0.6 is 0 Å². The van der Waals surface area contributed by atoms with Gasteiger partial charge in [-0.3, -0.25) is 4.99 Å². The first kappa shape index (κ1) is 15.0. The van der Waals surface area contributed by atoms with Crippen LogP contribution in [0.15, 0.2) is 23.2 Å². The van der Waals surface area contributed by atoms with Gasteiger partial charge in [0.15, 0.2) is 0 Å². The molecule has 104 valence electrons. The van der Waals surface area contributed by atoms with Gasteiger partial charge < -0.3 is 15.2 Å². The zero-order chi connectivity index (χ0) is 14.4. The van der Waals surface area contributed by atoms with Crippen LogP contribution in [0.4, 0.5) is 0 Å². The number of nitrogens with zero attached hydrogens (tertiary/aromatic N) is 1. The number of hydrogen-bond acceptors (Lipinski definition) is 4. The fourth-order valence-corrected chi connectivity index (χ4v) is 1.51. The van der Waals surface area contributed by atoms with Gasteiger partial charge in [-0.2, -0.15) is 0 Å². The lowest BCUT2D eigenvalue weighted by molar-refractivity contribution is 0.0597. The van der Waals surface area contributed by atoms with E-state index in [1.807, 2.05) is 0 Å². The average Bonchev–Trinajstić information content (AvgIpc) is 2.42. The van der Waals surface area contributed by atoms with Crippen molar-refractivity contribution in [2.45, 2.75) is 13.8 Å². The molecule has 0 amide bonds. The Bertz CT molecular complexity index is 482. The maximum absolute atomic E-state index is 11.7. The van der Waals surface area contributed by atoms with E-state index in [0.717, 1.165) is 0 Å². The van der Waals surface area contributed by atoms with E-state index >= 15 is 0 Å². The Morgan fingerprint density at radius 1 is 1.37 bits per heavy atom. The topological polar surface area (TPSA) is 73.9 Å². The van der Waals surface area contributed by atoms with E-state index in [0.29, 0.717) is 35.2 Å². The van der Waals surface area contributed by atoms with Crippen LogP contribution in [-0.4, -0.2) is 32.6 Å². The summed E-state index contributed by atoms with van der Waals surface area (Å²) < 4.78 is 9.83. The molecular formula is C14H20N2O3. The molecule has 0 fully saturated rings. The number of ether oxygens (including phenoxy) is 2. The highest BCUT2D eigenvalue weighted by atomic mass is 16.5. The van der Waals surface area contributed by atoms with E-state index in [1.165, 1.54) is 14.2 Å². The van der Waals surface area contributed by atoms with Gasteiger partial charge in [-0.05, 0) is 24.1 Å². The molecule has 0 saturated heterocycles. The molecule has 0 aliphatic rings. The van der Waals surface area contributed by atoms with Crippen LogP contribution in [0.5, 0.6) is 5.75 Å². The van der Waals surface area contributed by atoms with Crippen LogP contribution in [-0.2, 0) is 4.74 Å². The smallest absolute Gasteiger partial charge is 0.341 e. The van der Waals surface area contributed by atoms with Crippen molar-refractivity contribution in [3.63, 3.8) is 0 Å². The molecule has 0 radical (unpaired) electrons. The van der Waals surface area contributed by atoms with Crippen LogP contribution in [0.2, 0.25) is 0 Å². The molecule has 0 aliphatic carbocycles. The van der Waals surface area contributed by atoms with Gasteiger partial charge in [0, 0.05) is 12.1 Å². The summed E-state index contributed by atoms with van der Waals surface area (Å²) in [6.45, 7) is 4.76. The first-order valence-electron chi connectivity index (χ1n) is 6.06. The summed E-state index contributed by atoms with van der Waals surface area (Å²) in [4.78, 5) is 15.9. The second-order valence-electron chi connectivity index (χ2n) is 4.53. The highest BCUT2D eigenvalue weighted by Crippen LogP contribution is 2.20. The predicted molar refractivity (Wildman–Crippen MR) is 74.8 cm³/mol. The predicted octanol–water partition coefficient (Wildman–Crippen LogP) is 1.84. The Morgan fingerprint density at radius 3 is 2.58 bits per heavy atom. The van der Waals surface area contributed by atoms with Gasteiger partial charge in [-0.15, -0.1) is 0 Å². The van der Waals surface area contributed by atoms with Crippen molar-refractivity contribution >= 4 is 11.8 Å². The summed E-state index contributed by atoms with van der Waals surface area (Å²) in [7, 11) is 2.82. The summed E-state index contributed by atoms with van der Waals surface area (Å²) in [6, 6.07) is 5.08. The minimum atomic E-state index is -0.463. The van der Waals surface area contributed by atoms with Crippen molar-refractivity contribution < 1.29 is 14.3 Å². The standard InChI is InChI=1S/C14H20N2O3/c1-9(2)8-16-13(15)10-5-6-12(18-3)11(7-10)14(17)19-4/h5-7,9H,8H2,1-4H3,(H2,15,16). The zero-order valence-corrected chi connectivity index (χ0v) is 11.8. The van der Waals surface area contributed by atoms with E-state index in [4.69, 9.17) is 15.2 Å². The van der Waals surface area contributed by atoms with Crippen LogP contribution in [0.1, 0.15) is 29.8 Å². The van der Waals surface area contributed by atoms with Crippen molar-refractivity contribution in [3.05, 3.63) is 29.3 Å². The Balaban J connectivity index is 3.10. The first-order chi connectivity index (χ1) is 8.99. The summed E-state index contributed by atoms with van der Waals surface area (Å²) >= 11 is 0. The Hall–Kier alpha value is -2.04. The van der Waals surface area contributed by atoms with E-state index in [1.54, 1.807) is 18.2 Å². The maximum atomic E-state index is 11.7. The molecule has 0 bridgehead atoms. The highest BCUT2D eigenvalue weighted by molar-refractivity contribution is 6.01. The van der Waals surface area contributed by atoms with Crippen LogP contribution in [0, 0.1) is 5.92 Å². The second-order valence-corrected chi connectivity index (χ2v) is 4.53. The maximum Gasteiger partial charge on any atom is 0.341 e. The quantitative estimate of drug-likeness (QED) is 0.500. The van der Waals surface area contributed by atoms with Crippen LogP contribution in [0.25, 0.3) is 0 Å². The van der Waals surface area contributed by atoms with E-state index in [-0.39, 0.29) is 0 Å². The monoisotopic (exact) mass is 264 g/mol. The fourth-order valence-electron chi connectivity index (χ4n) is 1.51. The number of methoxy groups -OCH3 is 2. The minimum absolute atomic E-state index is 0.338. The third-order valence-electron chi connectivity index (χ3n) is 2.53. The highest BCUT2D eigenvalue weighted by Gasteiger charge is 2.14. The van der Waals surface area contributed by atoms with Crippen LogP contribution < -0.4 is 10.5 Å². The molecule has 5 nitrogen and oxygen atoms in total. The van der Waals surface area contributed by atoms with Crippen molar-refractivity contribution in [2.24, 2.45) is 16.6 Å². The van der Waals surface area contributed by atoms with Crippen molar-refractivity contribution in [1.29, 1.82) is 0 Å². The minimum Gasteiger partial charge on any atom is -0.496 e. The molecule has 1 aromatic rings. The largest absolute Gasteiger partial charge is 0.496 e. The molecule has 0 heterocycles. The second kappa shape index (κ2) is 6.78. The van der Waals surface area contributed by atoms with Crippen molar-refractivity contribution in [2.75, 3.05) is 20.8 Å². The molecule has 0 spiro atoms. The molecule has 0 unspecified atom stereocenters. The lowest BCUT2D eigenvalue weighted by atomic mass is 10.1. The molecular weight excluding hydrogens is 244 g/mol. The summed E-state index contributed by atoms with van der Waals surface area (Å²) in [5.74, 6) is 0.820. The molecule has 5 heteroatoms. The average molecular weight is 264 g/mol. The Morgan fingerprint density at radius 2 is 2.05 bits per heavy atom. The first-order valence-corrected chi connectivity index (χ1v) is 6.06. The number of amidine groups is 1. The van der Waals surface area contributed by atoms with Gasteiger partial charge in [0.05, 0.1) is 14.2 Å². The number of aliphatic imine (C=N–C) groups is 1. The Kier molecular flexibility index (Phi) is 5.36. The Labute approximate surface area is 113 Å². The van der Waals surface area contributed by atoms with Crippen LogP contribution in [0.3, 0.4) is 0 Å². The van der Waals surface area contributed by atoms with Crippen molar-refractivity contribution in [3.8, 4) is 5.75 Å². The van der Waals surface area contributed by atoms with Gasteiger partial charge in [0.25, 0.3) is 0 Å². The van der Waals surface area contributed by atoms with Gasteiger partial charge in [0.1, 0.15) is 17.1 Å². The molecule has 0 aromatic heterocycles. The molecule has 1 rings (SSSR count). The lowest BCUT2D eigenvalue weighted by Gasteiger charge is -2.09. The summed E-state index contributed by atoms with van der Waals surface area (Å²) in [5, 5.41) is 0. The number of benzene rings is 1. The van der Waals surface area contributed by atoms with Gasteiger partial charge >= 0.3 is 5.97 Å². The van der Waals surface area contributed by atoms with E-state index in [9.17, 15) is 4.79 Å². The number of esters is 1. The lowest BCUT2D eigenvalue weighted by Crippen LogP contribution is -2.16. The number of carbonyl (C=O) groups excluding carboxylic acids is 1. The third-order valence-corrected chi connectivity index (χ3v) is 2.53. The number of nitrogens with two attached hydrogens (primary N) is 1. The summed E-state index contributed by atoms with van der Waals surface area (Å²) in [6.07, 6.45) is 0.